The van der Waals surface area contributed by atoms with E-state index in [-0.39, 0.29) is 5.91 Å². The first-order chi connectivity index (χ1) is 8.02. The Morgan fingerprint density at radius 1 is 1.35 bits per heavy atom. The van der Waals surface area contributed by atoms with E-state index in [1.165, 1.54) is 13.3 Å². The van der Waals surface area contributed by atoms with E-state index >= 15 is 0 Å². The molecule has 0 spiro atoms. The zero-order chi connectivity index (χ0) is 12.7. The fraction of sp³-hybridized carbons (Fsp3) is 0.923. The Bertz CT molecular complexity index is 238. The van der Waals surface area contributed by atoms with Crippen LogP contribution in [0.3, 0.4) is 0 Å². The van der Waals surface area contributed by atoms with Gasteiger partial charge < -0.3 is 15.3 Å². The van der Waals surface area contributed by atoms with Crippen molar-refractivity contribution in [2.24, 2.45) is 0 Å². The Morgan fingerprint density at radius 2 is 2.00 bits per heavy atom. The lowest BCUT2D eigenvalue weighted by Crippen LogP contribution is -2.43. The molecule has 1 aliphatic rings. The Labute approximate surface area is 104 Å². The lowest BCUT2D eigenvalue weighted by Gasteiger charge is -2.35. The maximum absolute atomic E-state index is 10.7. The number of nitrogens with one attached hydrogen (secondary N) is 1. The standard InChI is InChI=1S/C13H26N2O2/c1-12(16)14-9-6-10-15(2)11-13(17)7-4-3-5-8-13/h17H,3-11H2,1-2H3,(H,14,16). The fourth-order valence-electron chi connectivity index (χ4n) is 2.56. The van der Waals surface area contributed by atoms with Crippen LogP contribution in [0.15, 0.2) is 0 Å². The van der Waals surface area contributed by atoms with Gasteiger partial charge in [0, 0.05) is 20.0 Å². The van der Waals surface area contributed by atoms with Crippen molar-refractivity contribution in [2.45, 2.75) is 51.0 Å². The number of carbonyl (C=O) groups excluding carboxylic acids is 1. The molecule has 2 N–H and O–H groups in total. The van der Waals surface area contributed by atoms with Gasteiger partial charge in [-0.2, -0.15) is 0 Å². The van der Waals surface area contributed by atoms with Gasteiger partial charge in [0.1, 0.15) is 0 Å². The molecular weight excluding hydrogens is 216 g/mol. The van der Waals surface area contributed by atoms with E-state index in [0.717, 1.165) is 51.7 Å². The Hall–Kier alpha value is -0.610. The quantitative estimate of drug-likeness (QED) is 0.687. The van der Waals surface area contributed by atoms with Crippen molar-refractivity contribution in [3.05, 3.63) is 0 Å². The van der Waals surface area contributed by atoms with E-state index in [4.69, 9.17) is 0 Å². The van der Waals surface area contributed by atoms with Gasteiger partial charge >= 0.3 is 0 Å². The summed E-state index contributed by atoms with van der Waals surface area (Å²) in [7, 11) is 2.04. The van der Waals surface area contributed by atoms with E-state index in [1.807, 2.05) is 7.05 Å². The van der Waals surface area contributed by atoms with Crippen molar-refractivity contribution in [1.82, 2.24) is 10.2 Å². The first kappa shape index (κ1) is 14.5. The van der Waals surface area contributed by atoms with Crippen molar-refractivity contribution >= 4 is 5.91 Å². The molecule has 0 aromatic carbocycles. The van der Waals surface area contributed by atoms with Crippen molar-refractivity contribution in [2.75, 3.05) is 26.7 Å². The summed E-state index contributed by atoms with van der Waals surface area (Å²) in [5.74, 6) is 0.0264. The largest absolute Gasteiger partial charge is 0.389 e. The van der Waals surface area contributed by atoms with E-state index in [1.54, 1.807) is 0 Å². The molecule has 1 amide bonds. The molecule has 0 saturated heterocycles. The monoisotopic (exact) mass is 242 g/mol. The third kappa shape index (κ3) is 6.03. The highest BCUT2D eigenvalue weighted by atomic mass is 16.3. The van der Waals surface area contributed by atoms with Crippen LogP contribution in [-0.2, 0) is 4.79 Å². The maximum atomic E-state index is 10.7. The maximum Gasteiger partial charge on any atom is 0.216 e. The van der Waals surface area contributed by atoms with E-state index < -0.39 is 5.60 Å². The number of amides is 1. The molecule has 1 saturated carbocycles. The first-order valence-electron chi connectivity index (χ1n) is 6.67. The highest BCUT2D eigenvalue weighted by Crippen LogP contribution is 2.28. The predicted octanol–water partition coefficient (Wildman–Crippen LogP) is 1.14. The van der Waals surface area contributed by atoms with Gasteiger partial charge in [-0.3, -0.25) is 4.79 Å². The average molecular weight is 242 g/mol. The van der Waals surface area contributed by atoms with E-state index in [2.05, 4.69) is 10.2 Å². The summed E-state index contributed by atoms with van der Waals surface area (Å²) in [6.07, 6.45) is 6.36. The van der Waals surface area contributed by atoms with Gasteiger partial charge in [-0.05, 0) is 32.9 Å². The van der Waals surface area contributed by atoms with Gasteiger partial charge in [0.05, 0.1) is 5.60 Å². The van der Waals surface area contributed by atoms with Gasteiger partial charge in [0.25, 0.3) is 0 Å². The molecule has 1 rings (SSSR count). The lowest BCUT2D eigenvalue weighted by molar-refractivity contribution is -0.119. The highest BCUT2D eigenvalue weighted by Gasteiger charge is 2.29. The number of hydrogen-bond acceptors (Lipinski definition) is 3. The van der Waals surface area contributed by atoms with E-state index in [9.17, 15) is 9.90 Å². The molecule has 0 unspecified atom stereocenters. The normalized spacial score (nSPS) is 19.3. The molecule has 0 heterocycles. The molecular formula is C13H26N2O2. The van der Waals surface area contributed by atoms with Crippen molar-refractivity contribution in [3.8, 4) is 0 Å². The number of carbonyl (C=O) groups is 1. The summed E-state index contributed by atoms with van der Waals surface area (Å²) < 4.78 is 0. The minimum Gasteiger partial charge on any atom is -0.389 e. The molecule has 0 aromatic rings. The second-order valence-electron chi connectivity index (χ2n) is 5.36. The van der Waals surface area contributed by atoms with Gasteiger partial charge in [0.2, 0.25) is 5.91 Å². The molecule has 0 aliphatic heterocycles. The molecule has 0 atom stereocenters. The summed E-state index contributed by atoms with van der Waals surface area (Å²) in [6.45, 7) is 3.93. The molecule has 4 nitrogen and oxygen atoms in total. The topological polar surface area (TPSA) is 52.6 Å². The van der Waals surface area contributed by atoms with Crippen LogP contribution in [-0.4, -0.2) is 48.2 Å². The average Bonchev–Trinajstić information content (AvgIpc) is 2.24. The lowest BCUT2D eigenvalue weighted by atomic mass is 9.84. The van der Waals surface area contributed by atoms with E-state index in [0.29, 0.717) is 0 Å². The van der Waals surface area contributed by atoms with Gasteiger partial charge in [-0.25, -0.2) is 0 Å². The molecule has 0 bridgehead atoms. The molecule has 100 valence electrons. The van der Waals surface area contributed by atoms with Crippen molar-refractivity contribution in [3.63, 3.8) is 0 Å². The molecule has 17 heavy (non-hydrogen) atoms. The first-order valence-corrected chi connectivity index (χ1v) is 6.67. The highest BCUT2D eigenvalue weighted by molar-refractivity contribution is 5.72. The SMILES string of the molecule is CC(=O)NCCCN(C)CC1(O)CCCCC1. The Balaban J connectivity index is 2.15. The number of aliphatic hydroxyl groups is 1. The van der Waals surface area contributed by atoms with Gasteiger partial charge in [0.15, 0.2) is 0 Å². The van der Waals surface area contributed by atoms with Crippen LogP contribution in [0.5, 0.6) is 0 Å². The zero-order valence-corrected chi connectivity index (χ0v) is 11.2. The van der Waals surface area contributed by atoms with Crippen LogP contribution in [0.25, 0.3) is 0 Å². The molecule has 1 aliphatic carbocycles. The number of hydrogen-bond donors (Lipinski definition) is 2. The Kier molecular flexibility index (Phi) is 5.92. The van der Waals surface area contributed by atoms with Crippen LogP contribution in [0.4, 0.5) is 0 Å². The molecule has 1 fully saturated rings. The van der Waals surface area contributed by atoms with Crippen LogP contribution in [0, 0.1) is 0 Å². The van der Waals surface area contributed by atoms with Gasteiger partial charge in [-0.15, -0.1) is 0 Å². The van der Waals surface area contributed by atoms with Crippen LogP contribution < -0.4 is 5.32 Å². The van der Waals surface area contributed by atoms with Crippen LogP contribution in [0.1, 0.15) is 45.4 Å². The fourth-order valence-corrected chi connectivity index (χ4v) is 2.56. The van der Waals surface area contributed by atoms with Gasteiger partial charge in [-0.1, -0.05) is 19.3 Å². The zero-order valence-electron chi connectivity index (χ0n) is 11.2. The van der Waals surface area contributed by atoms with Crippen molar-refractivity contribution in [1.29, 1.82) is 0 Å². The van der Waals surface area contributed by atoms with Crippen LogP contribution in [0.2, 0.25) is 0 Å². The predicted molar refractivity (Wildman–Crippen MR) is 68.8 cm³/mol. The number of likely N-dealkylation sites (N-methyl/N-ethyl adjacent to an activating group) is 1. The minimum absolute atomic E-state index is 0.0264. The molecule has 4 heteroatoms. The summed E-state index contributed by atoms with van der Waals surface area (Å²) in [5.41, 5.74) is -0.471. The third-order valence-electron chi connectivity index (χ3n) is 3.44. The number of nitrogens with zero attached hydrogens (tertiary/aromatic N) is 1. The minimum atomic E-state index is -0.471. The van der Waals surface area contributed by atoms with Crippen LogP contribution >= 0.6 is 0 Å². The number of rotatable bonds is 6. The Morgan fingerprint density at radius 3 is 2.59 bits per heavy atom. The smallest absolute Gasteiger partial charge is 0.216 e. The second-order valence-corrected chi connectivity index (χ2v) is 5.36. The van der Waals surface area contributed by atoms with Crippen molar-refractivity contribution < 1.29 is 9.90 Å². The summed E-state index contributed by atoms with van der Waals surface area (Å²) >= 11 is 0. The summed E-state index contributed by atoms with van der Waals surface area (Å²) in [4.78, 5) is 12.9. The third-order valence-corrected chi connectivity index (χ3v) is 3.44. The molecule has 0 aromatic heterocycles. The second kappa shape index (κ2) is 6.97. The summed E-state index contributed by atoms with van der Waals surface area (Å²) in [5, 5.41) is 13.2. The molecule has 0 radical (unpaired) electrons. The summed E-state index contributed by atoms with van der Waals surface area (Å²) in [6, 6.07) is 0.